The molecule has 0 saturated carbocycles. The third-order valence-electron chi connectivity index (χ3n) is 1.81. The minimum atomic E-state index is -0.867. The van der Waals surface area contributed by atoms with Crippen LogP contribution in [-0.2, 0) is 0 Å². The highest BCUT2D eigenvalue weighted by Crippen LogP contribution is 2.15. The van der Waals surface area contributed by atoms with Crippen molar-refractivity contribution in [3.8, 4) is 12.3 Å². The predicted molar refractivity (Wildman–Crippen MR) is 48.9 cm³/mol. The summed E-state index contributed by atoms with van der Waals surface area (Å²) in [5, 5.41) is 0. The van der Waals surface area contributed by atoms with E-state index >= 15 is 0 Å². The average molecular weight is 194 g/mol. The van der Waals surface area contributed by atoms with Crippen LogP contribution in [0.2, 0.25) is 0 Å². The first-order chi connectivity index (χ1) is 6.56. The Hall–Kier alpha value is -1.69. The number of rotatable bonds is 2. The number of benzene rings is 1. The van der Waals surface area contributed by atoms with Gasteiger partial charge >= 0.3 is 0 Å². The Morgan fingerprint density at radius 3 is 2.64 bits per heavy atom. The van der Waals surface area contributed by atoms with Gasteiger partial charge in [0.2, 0.25) is 0 Å². The number of hydrogen-bond acceptors (Lipinski definition) is 1. The lowest BCUT2D eigenvalue weighted by Crippen LogP contribution is -2.03. The van der Waals surface area contributed by atoms with Crippen LogP contribution in [-0.4, -0.2) is 5.78 Å². The molecule has 0 atom stereocenters. The van der Waals surface area contributed by atoms with Crippen LogP contribution in [0.3, 0.4) is 0 Å². The van der Waals surface area contributed by atoms with Crippen LogP contribution in [0, 0.1) is 30.9 Å². The number of Topliss-reactive ketones (excluding diaryl/α,β-unsaturated/α-hetero) is 1. The smallest absolute Gasteiger partial charge is 0.177 e. The number of carbonyl (C=O) groups excluding carboxylic acids is 1. The summed E-state index contributed by atoms with van der Waals surface area (Å²) < 4.78 is 25.9. The molecule has 72 valence electrons. The van der Waals surface area contributed by atoms with Crippen molar-refractivity contribution in [2.24, 2.45) is 0 Å². The normalized spacial score (nSPS) is 9.57. The van der Waals surface area contributed by atoms with E-state index < -0.39 is 17.4 Å². The lowest BCUT2D eigenvalue weighted by Gasteiger charge is -2.02. The molecular weight excluding hydrogens is 186 g/mol. The number of hydrogen-bond donors (Lipinski definition) is 0. The van der Waals surface area contributed by atoms with E-state index in [1.54, 1.807) is 0 Å². The van der Waals surface area contributed by atoms with Crippen LogP contribution >= 0.6 is 0 Å². The molecule has 0 aromatic heterocycles. The fourth-order valence-corrected chi connectivity index (χ4v) is 1.06. The predicted octanol–water partition coefficient (Wildman–Crippen LogP) is 2.48. The number of carbonyl (C=O) groups is 1. The van der Waals surface area contributed by atoms with Gasteiger partial charge in [0.05, 0.1) is 12.0 Å². The second kappa shape index (κ2) is 4.01. The fourth-order valence-electron chi connectivity index (χ4n) is 1.06. The van der Waals surface area contributed by atoms with Gasteiger partial charge in [-0.1, -0.05) is 5.92 Å². The molecule has 1 aromatic carbocycles. The van der Waals surface area contributed by atoms with Crippen molar-refractivity contribution in [1.29, 1.82) is 0 Å². The van der Waals surface area contributed by atoms with E-state index in [0.29, 0.717) is 6.07 Å². The van der Waals surface area contributed by atoms with Crippen molar-refractivity contribution >= 4 is 5.78 Å². The Bertz CT molecular complexity index is 416. The molecule has 0 radical (unpaired) electrons. The molecule has 1 aromatic rings. The molecule has 0 unspecified atom stereocenters. The molecule has 0 fully saturated rings. The highest BCUT2D eigenvalue weighted by molar-refractivity contribution is 5.97. The van der Waals surface area contributed by atoms with Crippen molar-refractivity contribution in [3.05, 3.63) is 34.9 Å². The molecule has 0 aliphatic carbocycles. The largest absolute Gasteiger partial charge is 0.293 e. The Kier molecular flexibility index (Phi) is 2.98. The van der Waals surface area contributed by atoms with E-state index in [9.17, 15) is 13.6 Å². The Labute approximate surface area is 80.7 Å². The first kappa shape index (κ1) is 10.4. The molecule has 1 nitrogen and oxygen atoms in total. The van der Waals surface area contributed by atoms with Gasteiger partial charge in [-0.05, 0) is 18.6 Å². The van der Waals surface area contributed by atoms with Crippen molar-refractivity contribution in [2.75, 3.05) is 0 Å². The molecular formula is C11H8F2O. The van der Waals surface area contributed by atoms with E-state index in [1.165, 1.54) is 13.0 Å². The molecule has 0 bridgehead atoms. The standard InChI is InChI=1S/C11H8F2O/c1-3-4-11(14)8-5-7(2)9(12)6-10(8)13/h1,5-6H,4H2,2H3. The van der Waals surface area contributed by atoms with E-state index in [1.807, 2.05) is 0 Å². The quantitative estimate of drug-likeness (QED) is 0.522. The molecule has 3 heteroatoms. The van der Waals surface area contributed by atoms with Crippen LogP contribution in [0.1, 0.15) is 22.3 Å². The van der Waals surface area contributed by atoms with Gasteiger partial charge in [-0.25, -0.2) is 8.78 Å². The minimum absolute atomic E-state index is 0.151. The van der Waals surface area contributed by atoms with Gasteiger partial charge < -0.3 is 0 Å². The van der Waals surface area contributed by atoms with Crippen LogP contribution in [0.4, 0.5) is 8.78 Å². The van der Waals surface area contributed by atoms with Crippen LogP contribution in [0.5, 0.6) is 0 Å². The maximum absolute atomic E-state index is 13.1. The second-order valence-electron chi connectivity index (χ2n) is 2.89. The zero-order valence-corrected chi connectivity index (χ0v) is 7.60. The molecule has 0 spiro atoms. The number of ketones is 1. The summed E-state index contributed by atoms with van der Waals surface area (Å²) >= 11 is 0. The summed E-state index contributed by atoms with van der Waals surface area (Å²) in [4.78, 5) is 11.2. The Balaban J connectivity index is 3.17. The van der Waals surface area contributed by atoms with Gasteiger partial charge in [0.1, 0.15) is 11.6 Å². The molecule has 0 amide bonds. The average Bonchev–Trinajstić information content (AvgIpc) is 2.11. The molecule has 0 aliphatic heterocycles. The van der Waals surface area contributed by atoms with Crippen molar-refractivity contribution in [2.45, 2.75) is 13.3 Å². The molecule has 0 N–H and O–H groups in total. The second-order valence-corrected chi connectivity index (χ2v) is 2.89. The lowest BCUT2D eigenvalue weighted by molar-refractivity contribution is 0.0994. The third-order valence-corrected chi connectivity index (χ3v) is 1.81. The summed E-state index contributed by atoms with van der Waals surface area (Å²) in [6.45, 7) is 1.46. The Morgan fingerprint density at radius 1 is 1.43 bits per heavy atom. The fraction of sp³-hybridized carbons (Fsp3) is 0.182. The van der Waals surface area contributed by atoms with Gasteiger partial charge in [0, 0.05) is 6.07 Å². The topological polar surface area (TPSA) is 17.1 Å². The molecule has 0 aliphatic rings. The zero-order valence-electron chi connectivity index (χ0n) is 7.60. The van der Waals surface area contributed by atoms with Crippen LogP contribution < -0.4 is 0 Å². The Morgan fingerprint density at radius 2 is 2.07 bits per heavy atom. The molecule has 1 rings (SSSR count). The summed E-state index contributed by atoms with van der Waals surface area (Å²) in [5.74, 6) is 0.0767. The number of terminal acetylenes is 1. The lowest BCUT2D eigenvalue weighted by atomic mass is 10.0. The van der Waals surface area contributed by atoms with Gasteiger partial charge in [-0.2, -0.15) is 0 Å². The number of aryl methyl sites for hydroxylation is 1. The first-order valence-electron chi connectivity index (χ1n) is 3.98. The maximum atomic E-state index is 13.1. The van der Waals surface area contributed by atoms with E-state index in [4.69, 9.17) is 6.42 Å². The SMILES string of the molecule is C#CCC(=O)c1cc(C)c(F)cc1F. The first-order valence-corrected chi connectivity index (χ1v) is 3.98. The zero-order chi connectivity index (χ0) is 10.7. The molecule has 0 saturated heterocycles. The van der Waals surface area contributed by atoms with Gasteiger partial charge in [-0.15, -0.1) is 6.42 Å². The molecule has 14 heavy (non-hydrogen) atoms. The maximum Gasteiger partial charge on any atom is 0.177 e. The van der Waals surface area contributed by atoms with Crippen molar-refractivity contribution < 1.29 is 13.6 Å². The van der Waals surface area contributed by atoms with Gasteiger partial charge in [0.25, 0.3) is 0 Å². The third kappa shape index (κ3) is 1.97. The molecule has 0 heterocycles. The van der Waals surface area contributed by atoms with E-state index in [0.717, 1.165) is 0 Å². The van der Waals surface area contributed by atoms with E-state index in [2.05, 4.69) is 5.92 Å². The monoisotopic (exact) mass is 194 g/mol. The van der Waals surface area contributed by atoms with Crippen molar-refractivity contribution in [3.63, 3.8) is 0 Å². The summed E-state index contributed by atoms with van der Waals surface area (Å²) in [7, 11) is 0. The minimum Gasteiger partial charge on any atom is -0.293 e. The van der Waals surface area contributed by atoms with Gasteiger partial charge in [-0.3, -0.25) is 4.79 Å². The summed E-state index contributed by atoms with van der Waals surface area (Å²) in [5.41, 5.74) is 0.0774. The summed E-state index contributed by atoms with van der Waals surface area (Å²) in [6.07, 6.45) is 4.74. The number of halogens is 2. The van der Waals surface area contributed by atoms with Crippen LogP contribution in [0.25, 0.3) is 0 Å². The highest BCUT2D eigenvalue weighted by atomic mass is 19.1. The van der Waals surface area contributed by atoms with Crippen molar-refractivity contribution in [1.82, 2.24) is 0 Å². The van der Waals surface area contributed by atoms with E-state index in [-0.39, 0.29) is 17.5 Å². The summed E-state index contributed by atoms with van der Waals surface area (Å²) in [6, 6.07) is 1.86. The van der Waals surface area contributed by atoms with Gasteiger partial charge in [0.15, 0.2) is 5.78 Å². The highest BCUT2D eigenvalue weighted by Gasteiger charge is 2.13. The van der Waals surface area contributed by atoms with Crippen LogP contribution in [0.15, 0.2) is 12.1 Å².